The van der Waals surface area contributed by atoms with Crippen molar-refractivity contribution in [3.8, 4) is 0 Å². The number of piperidine rings is 1. The van der Waals surface area contributed by atoms with Crippen molar-refractivity contribution in [2.45, 2.75) is 66.0 Å². The van der Waals surface area contributed by atoms with Gasteiger partial charge in [0, 0.05) is 19.2 Å². The van der Waals surface area contributed by atoms with Gasteiger partial charge in [0.15, 0.2) is 0 Å². The van der Waals surface area contributed by atoms with E-state index in [1.807, 2.05) is 39.5 Å². The third-order valence-electron chi connectivity index (χ3n) is 3.65. The highest BCUT2D eigenvalue weighted by Gasteiger charge is 2.26. The van der Waals surface area contributed by atoms with E-state index in [9.17, 15) is 9.59 Å². The maximum atomic E-state index is 12.3. The minimum atomic E-state index is -0.648. The zero-order valence-corrected chi connectivity index (χ0v) is 15.6. The van der Waals surface area contributed by atoms with Gasteiger partial charge in [-0.1, -0.05) is 19.9 Å². The van der Waals surface area contributed by atoms with Crippen LogP contribution < -0.4 is 5.32 Å². The predicted octanol–water partition coefficient (Wildman–Crippen LogP) is 3.35. The molecule has 132 valence electrons. The van der Waals surface area contributed by atoms with Gasteiger partial charge in [-0.3, -0.25) is 4.79 Å². The molecular weight excluding hydrogens is 292 g/mol. The Bertz CT molecular complexity index is 453. The number of carbonyl (C=O) groups is 2. The van der Waals surface area contributed by atoms with Crippen LogP contribution in [0.15, 0.2) is 12.2 Å². The number of likely N-dealkylation sites (tertiary alicyclic amines) is 1. The fourth-order valence-electron chi connectivity index (χ4n) is 2.84. The van der Waals surface area contributed by atoms with E-state index < -0.39 is 17.2 Å². The van der Waals surface area contributed by atoms with Crippen LogP contribution in [-0.2, 0) is 9.53 Å². The van der Waals surface area contributed by atoms with Crippen molar-refractivity contribution in [1.82, 2.24) is 10.2 Å². The summed E-state index contributed by atoms with van der Waals surface area (Å²) in [5.41, 5.74) is -1.19. The van der Waals surface area contributed by atoms with Crippen molar-refractivity contribution < 1.29 is 14.3 Å². The van der Waals surface area contributed by atoms with E-state index in [0.29, 0.717) is 11.8 Å². The Kier molecular flexibility index (Phi) is 6.25. The lowest BCUT2D eigenvalue weighted by Crippen LogP contribution is -2.45. The van der Waals surface area contributed by atoms with Crippen LogP contribution in [0, 0.1) is 11.8 Å². The molecule has 0 bridgehead atoms. The van der Waals surface area contributed by atoms with E-state index in [0.717, 1.165) is 13.1 Å². The van der Waals surface area contributed by atoms with E-state index >= 15 is 0 Å². The van der Waals surface area contributed by atoms with Crippen molar-refractivity contribution in [2.75, 3.05) is 13.1 Å². The maximum Gasteiger partial charge on any atom is 0.408 e. The van der Waals surface area contributed by atoms with Crippen molar-refractivity contribution >= 4 is 12.0 Å². The highest BCUT2D eigenvalue weighted by Crippen LogP contribution is 2.21. The largest absolute Gasteiger partial charge is 0.444 e. The first-order valence-corrected chi connectivity index (χ1v) is 8.37. The Labute approximate surface area is 140 Å². The van der Waals surface area contributed by atoms with E-state index in [1.165, 1.54) is 6.42 Å². The standard InChI is InChI=1S/C18H32N2O3/c1-13-10-14(2)12-20(11-13)15(21)8-9-18(6,7)19-16(22)23-17(3,4)5/h8-9,13-14H,10-12H2,1-7H3,(H,19,22)/b9-8+. The predicted molar refractivity (Wildman–Crippen MR) is 92.1 cm³/mol. The van der Waals surface area contributed by atoms with Gasteiger partial charge in [0.1, 0.15) is 5.60 Å². The van der Waals surface area contributed by atoms with Crippen LogP contribution in [0.1, 0.15) is 54.9 Å². The molecule has 1 aliphatic rings. The molecule has 2 atom stereocenters. The van der Waals surface area contributed by atoms with Crippen LogP contribution in [0.2, 0.25) is 0 Å². The Morgan fingerprint density at radius 1 is 1.09 bits per heavy atom. The zero-order chi connectivity index (χ0) is 17.8. The molecule has 1 aliphatic heterocycles. The molecule has 0 aliphatic carbocycles. The minimum absolute atomic E-state index is 0.00228. The molecular formula is C18H32N2O3. The lowest BCUT2D eigenvalue weighted by atomic mass is 9.92. The second-order valence-electron chi connectivity index (χ2n) is 8.37. The lowest BCUT2D eigenvalue weighted by Gasteiger charge is -2.34. The molecule has 1 fully saturated rings. The fourth-order valence-corrected chi connectivity index (χ4v) is 2.84. The highest BCUT2D eigenvalue weighted by atomic mass is 16.6. The van der Waals surface area contributed by atoms with E-state index in [-0.39, 0.29) is 5.91 Å². The smallest absolute Gasteiger partial charge is 0.408 e. The number of nitrogens with one attached hydrogen (secondary N) is 1. The summed E-state index contributed by atoms with van der Waals surface area (Å²) in [7, 11) is 0. The molecule has 5 nitrogen and oxygen atoms in total. The molecule has 0 aromatic rings. The first kappa shape index (κ1) is 19.5. The average molecular weight is 324 g/mol. The van der Waals surface area contributed by atoms with Gasteiger partial charge in [-0.2, -0.15) is 0 Å². The van der Waals surface area contributed by atoms with Crippen LogP contribution in [0.3, 0.4) is 0 Å². The van der Waals surface area contributed by atoms with Gasteiger partial charge in [-0.05, 0) is 52.9 Å². The number of hydrogen-bond donors (Lipinski definition) is 1. The number of nitrogens with zero attached hydrogens (tertiary/aromatic N) is 1. The number of hydrogen-bond acceptors (Lipinski definition) is 3. The number of rotatable bonds is 3. The summed E-state index contributed by atoms with van der Waals surface area (Å²) in [4.78, 5) is 26.1. The molecule has 0 aromatic carbocycles. The molecule has 0 spiro atoms. The zero-order valence-electron chi connectivity index (χ0n) is 15.6. The van der Waals surface area contributed by atoms with Crippen LogP contribution in [0.25, 0.3) is 0 Å². The second-order valence-corrected chi connectivity index (χ2v) is 8.37. The quantitative estimate of drug-likeness (QED) is 0.810. The first-order valence-electron chi connectivity index (χ1n) is 8.37. The molecule has 5 heteroatoms. The highest BCUT2D eigenvalue weighted by molar-refractivity contribution is 5.88. The fraction of sp³-hybridized carbons (Fsp3) is 0.778. The van der Waals surface area contributed by atoms with Crippen LogP contribution in [0.4, 0.5) is 4.79 Å². The molecule has 1 rings (SSSR count). The summed E-state index contributed by atoms with van der Waals surface area (Å²) in [5.74, 6) is 1.07. The Hall–Kier alpha value is -1.52. The van der Waals surface area contributed by atoms with Gasteiger partial charge in [-0.25, -0.2) is 4.79 Å². The summed E-state index contributed by atoms with van der Waals surface area (Å²) in [6.45, 7) is 15.1. The average Bonchev–Trinajstić information content (AvgIpc) is 2.31. The van der Waals surface area contributed by atoms with Crippen molar-refractivity contribution in [1.29, 1.82) is 0 Å². The van der Waals surface area contributed by atoms with Crippen LogP contribution in [-0.4, -0.2) is 41.1 Å². The first-order chi connectivity index (χ1) is 10.4. The Balaban J connectivity index is 2.60. The van der Waals surface area contributed by atoms with E-state index in [2.05, 4.69) is 19.2 Å². The van der Waals surface area contributed by atoms with E-state index in [4.69, 9.17) is 4.74 Å². The van der Waals surface area contributed by atoms with Crippen molar-refractivity contribution in [3.63, 3.8) is 0 Å². The van der Waals surface area contributed by atoms with Gasteiger partial charge in [0.25, 0.3) is 0 Å². The minimum Gasteiger partial charge on any atom is -0.444 e. The second kappa shape index (κ2) is 7.37. The van der Waals surface area contributed by atoms with Crippen LogP contribution in [0.5, 0.6) is 0 Å². The summed E-state index contributed by atoms with van der Waals surface area (Å²) < 4.78 is 5.25. The van der Waals surface area contributed by atoms with Crippen molar-refractivity contribution in [2.24, 2.45) is 11.8 Å². The number of alkyl carbamates (subject to hydrolysis) is 1. The molecule has 0 saturated carbocycles. The summed E-state index contributed by atoms with van der Waals surface area (Å²) in [6, 6.07) is 0. The Morgan fingerprint density at radius 2 is 1.61 bits per heavy atom. The van der Waals surface area contributed by atoms with Crippen LogP contribution >= 0.6 is 0 Å². The summed E-state index contributed by atoms with van der Waals surface area (Å²) in [5, 5.41) is 2.77. The monoisotopic (exact) mass is 324 g/mol. The van der Waals surface area contributed by atoms with Gasteiger partial charge in [0.05, 0.1) is 5.54 Å². The van der Waals surface area contributed by atoms with E-state index in [1.54, 1.807) is 12.2 Å². The normalized spacial score (nSPS) is 23.0. The van der Waals surface area contributed by atoms with Gasteiger partial charge >= 0.3 is 6.09 Å². The number of amides is 2. The third-order valence-corrected chi connectivity index (χ3v) is 3.65. The lowest BCUT2D eigenvalue weighted by molar-refractivity contribution is -0.128. The molecule has 0 radical (unpaired) electrons. The third kappa shape index (κ3) is 7.53. The molecule has 2 unspecified atom stereocenters. The summed E-state index contributed by atoms with van der Waals surface area (Å²) in [6.07, 6.45) is 3.96. The van der Waals surface area contributed by atoms with Gasteiger partial charge in [0.2, 0.25) is 5.91 Å². The Morgan fingerprint density at radius 3 is 2.09 bits per heavy atom. The SMILES string of the molecule is CC1CC(C)CN(C(=O)/C=C/C(C)(C)NC(=O)OC(C)(C)C)C1. The molecule has 23 heavy (non-hydrogen) atoms. The molecule has 1 N–H and O–H groups in total. The molecule has 1 heterocycles. The summed E-state index contributed by atoms with van der Waals surface area (Å²) >= 11 is 0. The molecule has 1 saturated heterocycles. The topological polar surface area (TPSA) is 58.6 Å². The number of ether oxygens (including phenoxy) is 1. The maximum absolute atomic E-state index is 12.3. The number of carbonyl (C=O) groups excluding carboxylic acids is 2. The van der Waals surface area contributed by atoms with Gasteiger partial charge in [-0.15, -0.1) is 0 Å². The van der Waals surface area contributed by atoms with Crippen molar-refractivity contribution in [3.05, 3.63) is 12.2 Å². The van der Waals surface area contributed by atoms with Gasteiger partial charge < -0.3 is 15.0 Å². The molecule has 2 amide bonds. The molecule has 0 aromatic heterocycles.